The Hall–Kier alpha value is -1.22. The quantitative estimate of drug-likeness (QED) is 0.519. The third kappa shape index (κ3) is 5.03. The number of hydrogen-bond acceptors (Lipinski definition) is 0. The Kier molecular flexibility index (Phi) is 4.62. The third-order valence-electron chi connectivity index (χ3n) is 2.52. The van der Waals surface area contributed by atoms with Crippen molar-refractivity contribution in [3.05, 3.63) is 41.8 Å². The van der Waals surface area contributed by atoms with Gasteiger partial charge < -0.3 is 0 Å². The molecule has 1 rings (SSSR count). The molecule has 0 spiro atoms. The summed E-state index contributed by atoms with van der Waals surface area (Å²) in [6.07, 6.45) is 10.8. The van der Waals surface area contributed by atoms with Gasteiger partial charge in [0.05, 0.1) is 0 Å². The smallest absolute Gasteiger partial charge is 0.0102 e. The molecule has 0 saturated heterocycles. The highest BCUT2D eigenvalue weighted by molar-refractivity contribution is 5.23. The van der Waals surface area contributed by atoms with E-state index in [1.54, 1.807) is 0 Å². The van der Waals surface area contributed by atoms with Crippen LogP contribution in [0.2, 0.25) is 0 Å². The molecule has 0 amide bonds. The Labute approximate surface area is 100 Å². The van der Waals surface area contributed by atoms with E-state index in [1.807, 2.05) is 0 Å². The van der Waals surface area contributed by atoms with Crippen LogP contribution in [0.15, 0.2) is 24.3 Å². The van der Waals surface area contributed by atoms with E-state index in [1.165, 1.54) is 11.1 Å². The molecule has 16 heavy (non-hydrogen) atoms. The summed E-state index contributed by atoms with van der Waals surface area (Å²) in [6, 6.07) is 8.89. The highest BCUT2D eigenvalue weighted by Gasteiger charge is 2.10. The van der Waals surface area contributed by atoms with Crippen LogP contribution in [0, 0.1) is 17.8 Å². The van der Waals surface area contributed by atoms with Crippen LogP contribution in [0.25, 0.3) is 0 Å². The molecule has 0 heteroatoms. The maximum atomic E-state index is 6.85. The molecule has 0 nitrogen and oxygen atoms in total. The van der Waals surface area contributed by atoms with E-state index >= 15 is 0 Å². The topological polar surface area (TPSA) is 0 Å². The van der Waals surface area contributed by atoms with Crippen molar-refractivity contribution < 1.29 is 0 Å². The summed E-state index contributed by atoms with van der Waals surface area (Å²) in [5.41, 5.74) is 3.14. The van der Waals surface area contributed by atoms with Crippen LogP contribution in [0.5, 0.6) is 0 Å². The first-order chi connectivity index (χ1) is 7.51. The van der Waals surface area contributed by atoms with Crippen molar-refractivity contribution in [2.75, 3.05) is 0 Å². The Morgan fingerprint density at radius 3 is 2.12 bits per heavy atom. The molecule has 0 unspecified atom stereocenters. The van der Waals surface area contributed by atoms with E-state index in [2.05, 4.69) is 51.0 Å². The minimum atomic E-state index is 0.358. The van der Waals surface area contributed by atoms with Crippen molar-refractivity contribution in [2.24, 2.45) is 5.41 Å². The minimum Gasteiger partial charge on any atom is -0.0891 e. The lowest BCUT2D eigenvalue weighted by atomic mass is 9.88. The lowest BCUT2D eigenvalue weighted by Crippen LogP contribution is -2.08. The van der Waals surface area contributed by atoms with Crippen molar-refractivity contribution in [3.8, 4) is 5.92 Å². The fourth-order valence-electron chi connectivity index (χ4n) is 1.82. The average molecular weight is 213 g/mol. The van der Waals surface area contributed by atoms with Gasteiger partial charge in [0.15, 0.2) is 0 Å². The van der Waals surface area contributed by atoms with Crippen LogP contribution in [0.4, 0.5) is 0 Å². The SMILES string of the molecule is [C]#CCCCc1ccc(CC(C)(C)C)cc1. The number of benzene rings is 1. The number of aryl methyl sites for hydroxylation is 1. The molecule has 0 atom stereocenters. The fraction of sp³-hybridized carbons (Fsp3) is 0.500. The third-order valence-corrected chi connectivity index (χ3v) is 2.52. The van der Waals surface area contributed by atoms with Crippen molar-refractivity contribution in [1.82, 2.24) is 0 Å². The van der Waals surface area contributed by atoms with Crippen LogP contribution in [-0.4, -0.2) is 0 Å². The number of rotatable bonds is 4. The van der Waals surface area contributed by atoms with Gasteiger partial charge in [0, 0.05) is 6.42 Å². The average Bonchev–Trinajstić information content (AvgIpc) is 2.19. The lowest BCUT2D eigenvalue weighted by molar-refractivity contribution is 0.411. The summed E-state index contributed by atoms with van der Waals surface area (Å²) in [4.78, 5) is 0. The normalized spacial score (nSPS) is 11.1. The second-order valence-electron chi connectivity index (χ2n) is 5.58. The minimum absolute atomic E-state index is 0.358. The van der Waals surface area contributed by atoms with Gasteiger partial charge in [-0.2, -0.15) is 0 Å². The Morgan fingerprint density at radius 2 is 1.62 bits per heavy atom. The molecule has 0 saturated carbocycles. The van der Waals surface area contributed by atoms with E-state index in [-0.39, 0.29) is 0 Å². The Balaban J connectivity index is 2.52. The second-order valence-corrected chi connectivity index (χ2v) is 5.58. The lowest BCUT2D eigenvalue weighted by Gasteiger charge is -2.18. The van der Waals surface area contributed by atoms with Gasteiger partial charge in [0.25, 0.3) is 0 Å². The number of unbranched alkanes of at least 4 members (excludes halogenated alkanes) is 1. The molecule has 0 aliphatic rings. The van der Waals surface area contributed by atoms with Gasteiger partial charge in [0.1, 0.15) is 0 Å². The molecule has 1 aromatic carbocycles. The van der Waals surface area contributed by atoms with E-state index in [0.717, 1.165) is 25.7 Å². The van der Waals surface area contributed by atoms with Gasteiger partial charge in [-0.3, -0.25) is 0 Å². The van der Waals surface area contributed by atoms with Crippen molar-refractivity contribution in [1.29, 1.82) is 0 Å². The summed E-state index contributed by atoms with van der Waals surface area (Å²) >= 11 is 0. The molecular weight excluding hydrogens is 192 g/mol. The van der Waals surface area contributed by atoms with Gasteiger partial charge in [-0.25, -0.2) is 0 Å². The van der Waals surface area contributed by atoms with Crippen LogP contribution >= 0.6 is 0 Å². The van der Waals surface area contributed by atoms with Crippen molar-refractivity contribution >= 4 is 0 Å². The van der Waals surface area contributed by atoms with Crippen LogP contribution in [0.3, 0.4) is 0 Å². The molecule has 1 aromatic rings. The Morgan fingerprint density at radius 1 is 1.06 bits per heavy atom. The maximum Gasteiger partial charge on any atom is 0.0102 e. The summed E-state index contributed by atoms with van der Waals surface area (Å²) in [6.45, 7) is 6.79. The van der Waals surface area contributed by atoms with E-state index in [0.29, 0.717) is 5.41 Å². The molecular formula is C16H21. The summed E-state index contributed by atoms with van der Waals surface area (Å²) in [5.74, 6) is 2.43. The summed E-state index contributed by atoms with van der Waals surface area (Å²) in [5, 5.41) is 0. The zero-order valence-corrected chi connectivity index (χ0v) is 10.6. The monoisotopic (exact) mass is 213 g/mol. The molecule has 0 aliphatic carbocycles. The van der Waals surface area contributed by atoms with Crippen molar-refractivity contribution in [2.45, 2.75) is 46.5 Å². The second kappa shape index (κ2) is 5.75. The fourth-order valence-corrected chi connectivity index (χ4v) is 1.82. The van der Waals surface area contributed by atoms with E-state index < -0.39 is 0 Å². The first-order valence-electron chi connectivity index (χ1n) is 5.99. The molecule has 1 radical (unpaired) electrons. The van der Waals surface area contributed by atoms with Crippen LogP contribution < -0.4 is 0 Å². The van der Waals surface area contributed by atoms with Gasteiger partial charge >= 0.3 is 0 Å². The largest absolute Gasteiger partial charge is 0.0891 e. The standard InChI is InChI=1S/C16H21/c1-5-6-7-8-14-9-11-15(12-10-14)13-16(2,3)4/h9-12H,6-8,13H2,2-4H3. The van der Waals surface area contributed by atoms with E-state index in [4.69, 9.17) is 6.42 Å². The molecule has 0 heterocycles. The van der Waals surface area contributed by atoms with E-state index in [9.17, 15) is 0 Å². The summed E-state index contributed by atoms with van der Waals surface area (Å²) in [7, 11) is 0. The zero-order valence-electron chi connectivity index (χ0n) is 10.6. The highest BCUT2D eigenvalue weighted by atomic mass is 14.2. The Bertz CT molecular complexity index is 343. The predicted molar refractivity (Wildman–Crippen MR) is 69.7 cm³/mol. The molecule has 0 N–H and O–H groups in total. The van der Waals surface area contributed by atoms with Gasteiger partial charge in [0.2, 0.25) is 0 Å². The first kappa shape index (κ1) is 12.8. The molecule has 85 valence electrons. The van der Waals surface area contributed by atoms with Gasteiger partial charge in [-0.05, 0) is 42.2 Å². The maximum absolute atomic E-state index is 6.85. The highest BCUT2D eigenvalue weighted by Crippen LogP contribution is 2.20. The number of hydrogen-bond donors (Lipinski definition) is 0. The zero-order chi connectivity index (χ0) is 12.0. The first-order valence-corrected chi connectivity index (χ1v) is 5.99. The van der Waals surface area contributed by atoms with Gasteiger partial charge in [-0.15, -0.1) is 0 Å². The predicted octanol–water partition coefficient (Wildman–Crippen LogP) is 4.19. The molecule has 0 aromatic heterocycles. The molecule has 0 fully saturated rings. The van der Waals surface area contributed by atoms with Crippen molar-refractivity contribution in [3.63, 3.8) is 0 Å². The molecule has 0 bridgehead atoms. The van der Waals surface area contributed by atoms with Gasteiger partial charge in [-0.1, -0.05) is 51.0 Å². The van der Waals surface area contributed by atoms with Crippen LogP contribution in [-0.2, 0) is 12.8 Å². The van der Waals surface area contributed by atoms with Crippen LogP contribution in [0.1, 0.15) is 44.7 Å². The molecule has 0 aliphatic heterocycles. The summed E-state index contributed by atoms with van der Waals surface area (Å²) < 4.78 is 0.